The Morgan fingerprint density at radius 1 is 0.900 bits per heavy atom. The first-order chi connectivity index (χ1) is 15.0. The summed E-state index contributed by atoms with van der Waals surface area (Å²) in [5, 5.41) is 4.75. The molecule has 5 aromatic rings. The van der Waals surface area contributed by atoms with E-state index in [1.54, 1.807) is 0 Å². The molecular weight excluding hydrogens is 366 g/mol. The lowest BCUT2D eigenvalue weighted by Gasteiger charge is -2.11. The Balaban J connectivity index is 1.56. The number of furan rings is 1. The normalized spacial score (nSPS) is 16.5. The Morgan fingerprint density at radius 3 is 2.40 bits per heavy atom. The van der Waals surface area contributed by atoms with Gasteiger partial charge >= 0.3 is 0 Å². The minimum atomic E-state index is -0.444. The Hall–Kier alpha value is -3.13. The summed E-state index contributed by atoms with van der Waals surface area (Å²) in [6, 6.07) is 21.6. The number of benzene rings is 3. The van der Waals surface area contributed by atoms with Gasteiger partial charge in [-0.1, -0.05) is 37.1 Å². The van der Waals surface area contributed by atoms with E-state index in [9.17, 15) is 0 Å². The summed E-state index contributed by atoms with van der Waals surface area (Å²) in [7, 11) is 2.08. The molecule has 1 fully saturated rings. The highest BCUT2D eigenvalue weighted by Gasteiger charge is 2.22. The van der Waals surface area contributed by atoms with Gasteiger partial charge in [0.1, 0.15) is 18.2 Å². The molecule has 2 aromatic heterocycles. The third-order valence-corrected chi connectivity index (χ3v) is 6.73. The van der Waals surface area contributed by atoms with Gasteiger partial charge in [0.25, 0.3) is 0 Å². The molecular formula is C28H26NO+. The fourth-order valence-corrected chi connectivity index (χ4v) is 5.04. The molecule has 0 radical (unpaired) electrons. The minimum absolute atomic E-state index is 0.444. The van der Waals surface area contributed by atoms with E-state index < -0.39 is 5.89 Å². The van der Waals surface area contributed by atoms with Crippen LogP contribution in [0.4, 0.5) is 0 Å². The number of fused-ring (bicyclic) bond motifs is 4. The number of aryl methyl sites for hydroxylation is 2. The van der Waals surface area contributed by atoms with Crippen molar-refractivity contribution in [2.75, 3.05) is 0 Å². The van der Waals surface area contributed by atoms with Crippen molar-refractivity contribution in [3.8, 4) is 11.3 Å². The van der Waals surface area contributed by atoms with Crippen LogP contribution in [0.1, 0.15) is 44.1 Å². The number of nitrogens with zero attached hydrogens (tertiary/aromatic N) is 1. The maximum atomic E-state index is 8.95. The molecule has 2 heteroatoms. The second-order valence-corrected chi connectivity index (χ2v) is 8.68. The summed E-state index contributed by atoms with van der Waals surface area (Å²) in [5.74, 6) is -0.444. The second kappa shape index (κ2) is 6.70. The molecule has 0 amide bonds. The average Bonchev–Trinajstić information content (AvgIpc) is 3.36. The van der Waals surface area contributed by atoms with Gasteiger partial charge < -0.3 is 4.42 Å². The van der Waals surface area contributed by atoms with Crippen molar-refractivity contribution in [1.29, 1.82) is 0 Å². The molecule has 1 aliphatic rings. The van der Waals surface area contributed by atoms with Crippen molar-refractivity contribution >= 4 is 32.7 Å². The lowest BCUT2D eigenvalue weighted by molar-refractivity contribution is -0.660. The highest BCUT2D eigenvalue weighted by atomic mass is 16.3. The number of hydrogen-bond donors (Lipinski definition) is 0. The molecule has 0 atom stereocenters. The van der Waals surface area contributed by atoms with Gasteiger partial charge in [-0.05, 0) is 71.8 Å². The van der Waals surface area contributed by atoms with Gasteiger partial charge in [-0.25, -0.2) is 4.57 Å². The van der Waals surface area contributed by atoms with Gasteiger partial charge in [0.15, 0.2) is 6.20 Å². The standard InChI is InChI=1S/C28H26NO/c1-18-13-24-25-14-20-9-5-6-10-21(20)16-27(25)30-28(24)17-23(18)26-15-22(11-12-29(26)2)19-7-3-4-8-19/h5-6,9-17,19H,3-4,7-8H2,1-2H3/q+1/i19D. The molecule has 0 unspecified atom stereocenters. The van der Waals surface area contributed by atoms with Gasteiger partial charge in [-0.15, -0.1) is 0 Å². The molecule has 3 aromatic carbocycles. The van der Waals surface area contributed by atoms with Crippen LogP contribution in [0.3, 0.4) is 0 Å². The van der Waals surface area contributed by atoms with E-state index in [2.05, 4.69) is 85.4 Å². The number of pyridine rings is 1. The van der Waals surface area contributed by atoms with Crippen LogP contribution in [-0.4, -0.2) is 0 Å². The molecule has 30 heavy (non-hydrogen) atoms. The van der Waals surface area contributed by atoms with Crippen molar-refractivity contribution in [1.82, 2.24) is 0 Å². The topological polar surface area (TPSA) is 17.0 Å². The smallest absolute Gasteiger partial charge is 0.212 e. The summed E-state index contributed by atoms with van der Waals surface area (Å²) in [4.78, 5) is 0. The molecule has 2 nitrogen and oxygen atoms in total. The van der Waals surface area contributed by atoms with Crippen LogP contribution in [0.5, 0.6) is 0 Å². The van der Waals surface area contributed by atoms with E-state index in [0.717, 1.165) is 58.9 Å². The van der Waals surface area contributed by atoms with E-state index in [0.29, 0.717) is 0 Å². The zero-order valence-electron chi connectivity index (χ0n) is 18.5. The number of rotatable bonds is 2. The zero-order chi connectivity index (χ0) is 21.2. The van der Waals surface area contributed by atoms with Crippen molar-refractivity contribution in [2.24, 2.45) is 7.05 Å². The van der Waals surface area contributed by atoms with Gasteiger partial charge in [0.2, 0.25) is 5.69 Å². The lowest BCUT2D eigenvalue weighted by Crippen LogP contribution is -2.31. The van der Waals surface area contributed by atoms with Crippen molar-refractivity contribution < 1.29 is 10.4 Å². The summed E-state index contributed by atoms with van der Waals surface area (Å²) < 4.78 is 17.4. The average molecular weight is 394 g/mol. The summed E-state index contributed by atoms with van der Waals surface area (Å²) in [6.45, 7) is 2.17. The van der Waals surface area contributed by atoms with E-state index in [1.165, 1.54) is 21.9 Å². The monoisotopic (exact) mass is 393 g/mol. The quantitative estimate of drug-likeness (QED) is 0.290. The fraction of sp³-hybridized carbons (Fsp3) is 0.250. The Labute approximate surface area is 178 Å². The SMILES string of the molecule is [2H]C1(c2cc[n+](C)c(-c3cc4oc5cc6ccccc6cc5c4cc3C)c2)CCCC1. The largest absolute Gasteiger partial charge is 0.456 e. The molecule has 0 spiro atoms. The fourth-order valence-electron chi connectivity index (χ4n) is 5.04. The maximum Gasteiger partial charge on any atom is 0.212 e. The Morgan fingerprint density at radius 2 is 1.60 bits per heavy atom. The Bertz CT molecular complexity index is 1470. The molecule has 0 aliphatic heterocycles. The molecule has 6 rings (SSSR count). The van der Waals surface area contributed by atoms with E-state index in [4.69, 9.17) is 5.79 Å². The van der Waals surface area contributed by atoms with Crippen LogP contribution < -0.4 is 4.57 Å². The third kappa shape index (κ3) is 2.74. The van der Waals surface area contributed by atoms with Crippen molar-refractivity contribution in [2.45, 2.75) is 38.5 Å². The first kappa shape index (κ1) is 16.6. The molecule has 2 heterocycles. The first-order valence-corrected chi connectivity index (χ1v) is 10.9. The van der Waals surface area contributed by atoms with Crippen molar-refractivity contribution in [3.05, 3.63) is 78.0 Å². The van der Waals surface area contributed by atoms with Crippen molar-refractivity contribution in [3.63, 3.8) is 0 Å². The first-order valence-electron chi connectivity index (χ1n) is 11.4. The van der Waals surface area contributed by atoms with Crippen LogP contribution in [0.15, 0.2) is 71.3 Å². The molecule has 148 valence electrons. The van der Waals surface area contributed by atoms with E-state index >= 15 is 0 Å². The molecule has 0 bridgehead atoms. The predicted molar refractivity (Wildman–Crippen MR) is 124 cm³/mol. The molecule has 0 N–H and O–H groups in total. The summed E-state index contributed by atoms with van der Waals surface area (Å²) >= 11 is 0. The van der Waals surface area contributed by atoms with E-state index in [-0.39, 0.29) is 0 Å². The van der Waals surface area contributed by atoms with Gasteiger partial charge in [-0.2, -0.15) is 0 Å². The van der Waals surface area contributed by atoms with Crippen LogP contribution >= 0.6 is 0 Å². The third-order valence-electron chi connectivity index (χ3n) is 6.73. The zero-order valence-corrected chi connectivity index (χ0v) is 17.5. The van der Waals surface area contributed by atoms with Crippen LogP contribution in [0, 0.1) is 6.92 Å². The summed E-state index contributed by atoms with van der Waals surface area (Å²) in [6.07, 6.45) is 6.31. The lowest BCUT2D eigenvalue weighted by atomic mass is 9.95. The van der Waals surface area contributed by atoms with Crippen LogP contribution in [0.25, 0.3) is 44.0 Å². The highest BCUT2D eigenvalue weighted by Crippen LogP contribution is 2.38. The molecule has 1 saturated carbocycles. The highest BCUT2D eigenvalue weighted by molar-refractivity contribution is 6.10. The summed E-state index contributed by atoms with van der Waals surface area (Å²) in [5.41, 5.74) is 6.51. The van der Waals surface area contributed by atoms with Gasteiger partial charge in [0, 0.05) is 24.3 Å². The van der Waals surface area contributed by atoms with Crippen LogP contribution in [-0.2, 0) is 7.05 Å². The van der Waals surface area contributed by atoms with Gasteiger partial charge in [-0.3, -0.25) is 0 Å². The maximum absolute atomic E-state index is 8.95. The number of hydrogen-bond acceptors (Lipinski definition) is 1. The predicted octanol–water partition coefficient (Wildman–Crippen LogP) is 7.20. The molecule has 1 aliphatic carbocycles. The van der Waals surface area contributed by atoms with Crippen LogP contribution in [0.2, 0.25) is 0 Å². The van der Waals surface area contributed by atoms with Gasteiger partial charge in [0.05, 0.1) is 5.56 Å². The Kier molecular flexibility index (Phi) is 3.72. The second-order valence-electron chi connectivity index (χ2n) is 8.68. The van der Waals surface area contributed by atoms with E-state index in [1.807, 2.05) is 0 Å². The number of aromatic nitrogens is 1. The minimum Gasteiger partial charge on any atom is -0.456 e. The molecule has 0 saturated heterocycles.